The van der Waals surface area contributed by atoms with Gasteiger partial charge in [-0.1, -0.05) is 33.3 Å². The second-order valence-corrected chi connectivity index (χ2v) is 6.65. The molecule has 0 spiro atoms. The number of sulfonamides is 1. The molecule has 0 aromatic carbocycles. The molecule has 1 atom stereocenters. The van der Waals surface area contributed by atoms with Crippen LogP contribution in [-0.2, 0) is 10.0 Å². The quantitative estimate of drug-likeness (QED) is 0.808. The molecule has 5 nitrogen and oxygen atoms in total. The Labute approximate surface area is 116 Å². The van der Waals surface area contributed by atoms with Crippen molar-refractivity contribution in [2.75, 3.05) is 26.2 Å². The SMILES string of the molecule is CCC1=CC(=N)C(S(=O)(=O)N(CC)CC)N(CC)C1. The Hall–Kier alpha value is -0.720. The third-order valence-corrected chi connectivity index (χ3v) is 5.92. The molecule has 0 radical (unpaired) electrons. The van der Waals surface area contributed by atoms with Crippen LogP contribution in [0, 0.1) is 5.41 Å². The Morgan fingerprint density at radius 1 is 1.32 bits per heavy atom. The smallest absolute Gasteiger partial charge is 0.236 e. The van der Waals surface area contributed by atoms with Crippen LogP contribution >= 0.6 is 0 Å². The topological polar surface area (TPSA) is 64.5 Å². The molecule has 1 heterocycles. The van der Waals surface area contributed by atoms with Crippen molar-refractivity contribution >= 4 is 15.7 Å². The minimum Gasteiger partial charge on any atom is -0.302 e. The maximum absolute atomic E-state index is 12.6. The zero-order valence-corrected chi connectivity index (χ0v) is 13.1. The Morgan fingerprint density at radius 2 is 1.89 bits per heavy atom. The van der Waals surface area contributed by atoms with Crippen LogP contribution in [-0.4, -0.2) is 54.9 Å². The monoisotopic (exact) mass is 287 g/mol. The highest BCUT2D eigenvalue weighted by atomic mass is 32.2. The van der Waals surface area contributed by atoms with E-state index >= 15 is 0 Å². The first-order valence-electron chi connectivity index (χ1n) is 6.93. The average Bonchev–Trinajstić information content (AvgIpc) is 2.38. The lowest BCUT2D eigenvalue weighted by Crippen LogP contribution is -2.54. The van der Waals surface area contributed by atoms with Gasteiger partial charge in [0.05, 0.1) is 5.71 Å². The van der Waals surface area contributed by atoms with Gasteiger partial charge in [0.2, 0.25) is 10.0 Å². The second-order valence-electron chi connectivity index (χ2n) is 4.66. The highest BCUT2D eigenvalue weighted by molar-refractivity contribution is 7.90. The summed E-state index contributed by atoms with van der Waals surface area (Å²) in [5.41, 5.74) is 1.31. The fourth-order valence-electron chi connectivity index (χ4n) is 2.44. The molecule has 19 heavy (non-hydrogen) atoms. The molecule has 1 aliphatic rings. The largest absolute Gasteiger partial charge is 0.302 e. The van der Waals surface area contributed by atoms with Crippen molar-refractivity contribution in [3.8, 4) is 0 Å². The van der Waals surface area contributed by atoms with Gasteiger partial charge >= 0.3 is 0 Å². The van der Waals surface area contributed by atoms with E-state index in [-0.39, 0.29) is 5.71 Å². The molecule has 0 amide bonds. The van der Waals surface area contributed by atoms with Gasteiger partial charge in [-0.2, -0.15) is 0 Å². The standard InChI is InChI=1S/C13H25N3O2S/c1-5-11-9-12(14)13(15(6-2)10-11)19(17,18)16(7-3)8-4/h9,13-14H,5-8,10H2,1-4H3. The molecule has 1 aliphatic heterocycles. The zero-order valence-electron chi connectivity index (χ0n) is 12.3. The summed E-state index contributed by atoms with van der Waals surface area (Å²) in [5.74, 6) is 0. The van der Waals surface area contributed by atoms with Crippen LogP contribution in [0.25, 0.3) is 0 Å². The highest BCUT2D eigenvalue weighted by Gasteiger charge is 2.39. The normalized spacial score (nSPS) is 21.8. The van der Waals surface area contributed by atoms with Crippen molar-refractivity contribution in [2.24, 2.45) is 0 Å². The van der Waals surface area contributed by atoms with E-state index in [0.717, 1.165) is 12.0 Å². The summed E-state index contributed by atoms with van der Waals surface area (Å²) in [7, 11) is -3.48. The molecule has 1 N–H and O–H groups in total. The lowest BCUT2D eigenvalue weighted by atomic mass is 10.1. The number of hydrogen-bond donors (Lipinski definition) is 1. The van der Waals surface area contributed by atoms with Crippen LogP contribution in [0.1, 0.15) is 34.1 Å². The van der Waals surface area contributed by atoms with Crippen LogP contribution in [0.5, 0.6) is 0 Å². The van der Waals surface area contributed by atoms with Crippen molar-refractivity contribution in [3.05, 3.63) is 11.6 Å². The maximum atomic E-state index is 12.6. The van der Waals surface area contributed by atoms with Gasteiger partial charge in [-0.25, -0.2) is 12.7 Å². The van der Waals surface area contributed by atoms with Crippen molar-refractivity contribution < 1.29 is 8.42 Å². The molecule has 0 bridgehead atoms. The van der Waals surface area contributed by atoms with E-state index in [1.165, 1.54) is 4.31 Å². The Morgan fingerprint density at radius 3 is 2.32 bits per heavy atom. The van der Waals surface area contributed by atoms with Gasteiger partial charge in [-0.3, -0.25) is 4.90 Å². The molecule has 0 saturated carbocycles. The molecule has 0 saturated heterocycles. The van der Waals surface area contributed by atoms with Crippen LogP contribution in [0.3, 0.4) is 0 Å². The maximum Gasteiger partial charge on any atom is 0.236 e. The minimum atomic E-state index is -3.48. The van der Waals surface area contributed by atoms with Crippen LogP contribution < -0.4 is 0 Å². The summed E-state index contributed by atoms with van der Waals surface area (Å²) in [6, 6.07) is 0. The zero-order chi connectivity index (χ0) is 14.6. The Kier molecular flexibility index (Phi) is 5.70. The first-order valence-corrected chi connectivity index (χ1v) is 8.43. The van der Waals surface area contributed by atoms with E-state index < -0.39 is 15.4 Å². The molecule has 1 rings (SSSR count). The molecule has 0 aromatic heterocycles. The summed E-state index contributed by atoms with van der Waals surface area (Å²) in [5, 5.41) is 7.26. The molecule has 6 heteroatoms. The molecule has 0 fully saturated rings. The van der Waals surface area contributed by atoms with E-state index in [2.05, 4.69) is 0 Å². The molecule has 1 unspecified atom stereocenters. The number of rotatable bonds is 6. The molecule has 0 aliphatic carbocycles. The number of nitrogens with zero attached hydrogens (tertiary/aromatic N) is 2. The van der Waals surface area contributed by atoms with Crippen molar-refractivity contribution in [1.82, 2.24) is 9.21 Å². The number of nitrogens with one attached hydrogen (secondary N) is 1. The van der Waals surface area contributed by atoms with E-state index in [9.17, 15) is 8.42 Å². The summed E-state index contributed by atoms with van der Waals surface area (Å²) >= 11 is 0. The molecule has 110 valence electrons. The van der Waals surface area contributed by atoms with Gasteiger partial charge in [-0.15, -0.1) is 0 Å². The Bertz CT molecular complexity index is 453. The summed E-state index contributed by atoms with van der Waals surface area (Å²) in [4.78, 5) is 1.87. The number of likely N-dealkylation sites (N-methyl/N-ethyl adjacent to an activating group) is 1. The molecular formula is C13H25N3O2S. The first-order chi connectivity index (χ1) is 8.92. The van der Waals surface area contributed by atoms with Gasteiger partial charge in [0.25, 0.3) is 0 Å². The highest BCUT2D eigenvalue weighted by Crippen LogP contribution is 2.22. The van der Waals surface area contributed by atoms with Gasteiger partial charge in [0.1, 0.15) is 0 Å². The van der Waals surface area contributed by atoms with Gasteiger partial charge in [0, 0.05) is 19.6 Å². The van der Waals surface area contributed by atoms with E-state index in [4.69, 9.17) is 5.41 Å². The predicted octanol–water partition coefficient (Wildman–Crippen LogP) is 1.68. The van der Waals surface area contributed by atoms with Crippen LogP contribution in [0.15, 0.2) is 11.6 Å². The summed E-state index contributed by atoms with van der Waals surface area (Å²) in [6.45, 7) is 9.80. The fourth-order valence-corrected chi connectivity index (χ4v) is 4.43. The van der Waals surface area contributed by atoms with E-state index in [0.29, 0.717) is 26.2 Å². The van der Waals surface area contributed by atoms with Crippen molar-refractivity contribution in [3.63, 3.8) is 0 Å². The minimum absolute atomic E-state index is 0.192. The average molecular weight is 287 g/mol. The third-order valence-electron chi connectivity index (χ3n) is 3.57. The molecular weight excluding hydrogens is 262 g/mol. The van der Waals surface area contributed by atoms with Crippen LogP contribution in [0.2, 0.25) is 0 Å². The summed E-state index contributed by atoms with van der Waals surface area (Å²) in [6.07, 6.45) is 2.59. The lowest BCUT2D eigenvalue weighted by Gasteiger charge is -2.36. The molecule has 0 aromatic rings. The fraction of sp³-hybridized carbons (Fsp3) is 0.769. The van der Waals surface area contributed by atoms with E-state index in [1.807, 2.05) is 32.6 Å². The first kappa shape index (κ1) is 16.3. The van der Waals surface area contributed by atoms with E-state index in [1.54, 1.807) is 6.08 Å². The second kappa shape index (κ2) is 6.63. The van der Waals surface area contributed by atoms with Gasteiger partial charge in [0.15, 0.2) is 5.37 Å². The van der Waals surface area contributed by atoms with Gasteiger partial charge in [-0.05, 0) is 19.0 Å². The number of hydrogen-bond acceptors (Lipinski definition) is 4. The predicted molar refractivity (Wildman–Crippen MR) is 79.0 cm³/mol. The van der Waals surface area contributed by atoms with Gasteiger partial charge < -0.3 is 5.41 Å². The van der Waals surface area contributed by atoms with Crippen LogP contribution in [0.4, 0.5) is 0 Å². The Balaban J connectivity index is 3.17. The van der Waals surface area contributed by atoms with Crippen molar-refractivity contribution in [1.29, 1.82) is 5.41 Å². The lowest BCUT2D eigenvalue weighted by molar-refractivity contribution is 0.302. The summed E-state index contributed by atoms with van der Waals surface area (Å²) < 4.78 is 26.7. The van der Waals surface area contributed by atoms with Crippen molar-refractivity contribution in [2.45, 2.75) is 39.5 Å². The third kappa shape index (κ3) is 3.24.